The number of benzene rings is 2. The molecular weight excluding hydrogens is 324 g/mol. The second-order valence-electron chi connectivity index (χ2n) is 5.90. The van der Waals surface area contributed by atoms with E-state index in [1.54, 1.807) is 37.3 Å². The van der Waals surface area contributed by atoms with Crippen LogP contribution in [0.4, 0.5) is 5.69 Å². The number of anilines is 1. The highest BCUT2D eigenvalue weighted by Crippen LogP contribution is 2.24. The Bertz CT molecular complexity index is 960. The van der Waals surface area contributed by atoms with Gasteiger partial charge in [0.25, 0.3) is 10.0 Å². The van der Waals surface area contributed by atoms with E-state index in [4.69, 9.17) is 4.42 Å². The summed E-state index contributed by atoms with van der Waals surface area (Å²) in [5, 5.41) is 0. The molecule has 0 radical (unpaired) electrons. The first kappa shape index (κ1) is 16.5. The second-order valence-corrected chi connectivity index (χ2v) is 7.58. The van der Waals surface area contributed by atoms with Crippen molar-refractivity contribution in [1.82, 2.24) is 4.98 Å². The average Bonchev–Trinajstić information content (AvgIpc) is 2.93. The molecule has 0 saturated carbocycles. The van der Waals surface area contributed by atoms with Crippen LogP contribution in [0.15, 0.2) is 51.8 Å². The van der Waals surface area contributed by atoms with E-state index in [1.807, 2.05) is 12.1 Å². The Morgan fingerprint density at radius 2 is 1.88 bits per heavy atom. The molecule has 3 aromatic rings. The van der Waals surface area contributed by atoms with Crippen molar-refractivity contribution in [2.75, 3.05) is 4.72 Å². The fourth-order valence-corrected chi connectivity index (χ4v) is 3.58. The Hall–Kier alpha value is -2.34. The van der Waals surface area contributed by atoms with Crippen molar-refractivity contribution in [3.8, 4) is 0 Å². The number of fused-ring (bicyclic) bond motifs is 1. The van der Waals surface area contributed by atoms with Gasteiger partial charge in [-0.25, -0.2) is 13.4 Å². The van der Waals surface area contributed by atoms with Crippen LogP contribution in [-0.2, 0) is 10.0 Å². The molecule has 24 heavy (non-hydrogen) atoms. The highest BCUT2D eigenvalue weighted by molar-refractivity contribution is 7.92. The van der Waals surface area contributed by atoms with E-state index in [9.17, 15) is 8.42 Å². The third kappa shape index (κ3) is 3.28. The van der Waals surface area contributed by atoms with Gasteiger partial charge >= 0.3 is 0 Å². The lowest BCUT2D eigenvalue weighted by Crippen LogP contribution is -2.13. The summed E-state index contributed by atoms with van der Waals surface area (Å²) in [6, 6.07) is 12.1. The molecule has 5 nitrogen and oxygen atoms in total. The molecule has 0 fully saturated rings. The molecule has 0 aliphatic heterocycles. The third-order valence-corrected chi connectivity index (χ3v) is 5.52. The van der Waals surface area contributed by atoms with Crippen LogP contribution in [0.25, 0.3) is 11.1 Å². The second kappa shape index (κ2) is 6.28. The minimum absolute atomic E-state index is 0.242. The molecule has 1 heterocycles. The van der Waals surface area contributed by atoms with Crippen molar-refractivity contribution in [2.24, 2.45) is 0 Å². The molecule has 1 atom stereocenters. The Labute approximate surface area is 141 Å². The summed E-state index contributed by atoms with van der Waals surface area (Å²) in [7, 11) is -3.63. The predicted octanol–water partition coefficient (Wildman–Crippen LogP) is 4.45. The predicted molar refractivity (Wildman–Crippen MR) is 94.7 cm³/mol. The SMILES string of the molecule is CC[C@H](C)c1ccc(S(=O)(=O)Nc2ccc3oc(C)nc3c2)cc1. The first-order valence-corrected chi connectivity index (χ1v) is 9.37. The molecular formula is C18H20N2O3S. The average molecular weight is 344 g/mol. The molecule has 0 aliphatic carbocycles. The first-order chi connectivity index (χ1) is 11.4. The number of rotatable bonds is 5. The molecule has 126 valence electrons. The van der Waals surface area contributed by atoms with Crippen molar-refractivity contribution < 1.29 is 12.8 Å². The quantitative estimate of drug-likeness (QED) is 0.742. The van der Waals surface area contributed by atoms with E-state index in [2.05, 4.69) is 23.6 Å². The molecule has 2 aromatic carbocycles. The maximum atomic E-state index is 12.5. The molecule has 3 rings (SSSR count). The van der Waals surface area contributed by atoms with Crippen molar-refractivity contribution in [2.45, 2.75) is 38.0 Å². The highest BCUT2D eigenvalue weighted by Gasteiger charge is 2.15. The summed E-state index contributed by atoms with van der Waals surface area (Å²) in [6.45, 7) is 5.98. The minimum atomic E-state index is -3.63. The number of oxazole rings is 1. The van der Waals surface area contributed by atoms with Crippen molar-refractivity contribution in [1.29, 1.82) is 0 Å². The standard InChI is InChI=1S/C18H20N2O3S/c1-4-12(2)14-5-8-16(9-6-14)24(21,22)20-15-7-10-18-17(11-15)19-13(3)23-18/h5-12,20H,4H2,1-3H3/t12-/m0/s1. The van der Waals surface area contributed by atoms with Crippen LogP contribution in [0.1, 0.15) is 37.6 Å². The fourth-order valence-electron chi connectivity index (χ4n) is 2.53. The van der Waals surface area contributed by atoms with Crippen molar-refractivity contribution in [3.05, 3.63) is 53.9 Å². The van der Waals surface area contributed by atoms with Crippen LogP contribution in [-0.4, -0.2) is 13.4 Å². The van der Waals surface area contributed by atoms with Gasteiger partial charge in [0.15, 0.2) is 11.5 Å². The van der Waals surface area contributed by atoms with Gasteiger partial charge in [0.1, 0.15) is 5.52 Å². The molecule has 0 bridgehead atoms. The summed E-state index contributed by atoms with van der Waals surface area (Å²) >= 11 is 0. The van der Waals surface area contributed by atoms with Crippen molar-refractivity contribution in [3.63, 3.8) is 0 Å². The lowest BCUT2D eigenvalue weighted by atomic mass is 9.99. The van der Waals surface area contributed by atoms with Gasteiger partial charge in [0.05, 0.1) is 10.6 Å². The molecule has 0 aliphatic rings. The zero-order chi connectivity index (χ0) is 17.3. The summed E-state index contributed by atoms with van der Waals surface area (Å²) in [5.74, 6) is 0.957. The fraction of sp³-hybridized carbons (Fsp3) is 0.278. The summed E-state index contributed by atoms with van der Waals surface area (Å²) in [4.78, 5) is 4.46. The Balaban J connectivity index is 1.86. The van der Waals surface area contributed by atoms with Gasteiger partial charge in [-0.05, 0) is 48.2 Å². The Kier molecular flexibility index (Phi) is 4.32. The van der Waals surface area contributed by atoms with E-state index in [1.165, 1.54) is 0 Å². The monoisotopic (exact) mass is 344 g/mol. The topological polar surface area (TPSA) is 72.2 Å². The number of hydrogen-bond donors (Lipinski definition) is 1. The number of nitrogens with one attached hydrogen (secondary N) is 1. The first-order valence-electron chi connectivity index (χ1n) is 7.89. The number of sulfonamides is 1. The van der Waals surface area contributed by atoms with E-state index in [0.29, 0.717) is 28.6 Å². The highest BCUT2D eigenvalue weighted by atomic mass is 32.2. The maximum Gasteiger partial charge on any atom is 0.261 e. The lowest BCUT2D eigenvalue weighted by Gasteiger charge is -2.11. The maximum absolute atomic E-state index is 12.5. The molecule has 0 unspecified atom stereocenters. The zero-order valence-electron chi connectivity index (χ0n) is 13.9. The van der Waals surface area contributed by atoms with Gasteiger partial charge in [-0.2, -0.15) is 0 Å². The Morgan fingerprint density at radius 1 is 1.17 bits per heavy atom. The van der Waals surface area contributed by atoms with Crippen LogP contribution in [0.5, 0.6) is 0 Å². The summed E-state index contributed by atoms with van der Waals surface area (Å²) in [5.41, 5.74) is 2.85. The molecule has 6 heteroatoms. The van der Waals surface area contributed by atoms with Crippen LogP contribution in [0, 0.1) is 6.92 Å². The zero-order valence-corrected chi connectivity index (χ0v) is 14.7. The minimum Gasteiger partial charge on any atom is -0.441 e. The lowest BCUT2D eigenvalue weighted by molar-refractivity contribution is 0.561. The molecule has 0 amide bonds. The van der Waals surface area contributed by atoms with Gasteiger partial charge in [-0.3, -0.25) is 4.72 Å². The number of hydrogen-bond acceptors (Lipinski definition) is 4. The smallest absolute Gasteiger partial charge is 0.261 e. The molecule has 0 saturated heterocycles. The number of aryl methyl sites for hydroxylation is 1. The summed E-state index contributed by atoms with van der Waals surface area (Å²) in [6.07, 6.45) is 1.02. The van der Waals surface area contributed by atoms with Crippen LogP contribution < -0.4 is 4.72 Å². The third-order valence-electron chi connectivity index (χ3n) is 4.12. The van der Waals surface area contributed by atoms with E-state index in [0.717, 1.165) is 12.0 Å². The summed E-state index contributed by atoms with van der Waals surface area (Å²) < 4.78 is 33.1. The van der Waals surface area contributed by atoms with Gasteiger partial charge < -0.3 is 4.42 Å². The van der Waals surface area contributed by atoms with Crippen molar-refractivity contribution >= 4 is 26.8 Å². The Morgan fingerprint density at radius 3 is 2.54 bits per heavy atom. The molecule has 1 aromatic heterocycles. The number of nitrogens with zero attached hydrogens (tertiary/aromatic N) is 1. The van der Waals surface area contributed by atoms with Crippen LogP contribution in [0.3, 0.4) is 0 Å². The molecule has 1 N–H and O–H groups in total. The number of aromatic nitrogens is 1. The van der Waals surface area contributed by atoms with Gasteiger partial charge in [-0.1, -0.05) is 26.0 Å². The van der Waals surface area contributed by atoms with Gasteiger partial charge in [-0.15, -0.1) is 0 Å². The molecule has 0 spiro atoms. The van der Waals surface area contributed by atoms with E-state index < -0.39 is 10.0 Å². The normalized spacial score (nSPS) is 13.1. The van der Waals surface area contributed by atoms with Crippen LogP contribution in [0.2, 0.25) is 0 Å². The van der Waals surface area contributed by atoms with E-state index in [-0.39, 0.29) is 4.90 Å². The largest absolute Gasteiger partial charge is 0.441 e. The van der Waals surface area contributed by atoms with Gasteiger partial charge in [0.2, 0.25) is 0 Å². The van der Waals surface area contributed by atoms with Gasteiger partial charge in [0, 0.05) is 6.92 Å². The van der Waals surface area contributed by atoms with Crippen LogP contribution >= 0.6 is 0 Å². The van der Waals surface area contributed by atoms with E-state index >= 15 is 0 Å².